The van der Waals surface area contributed by atoms with Gasteiger partial charge < -0.3 is 15.0 Å². The largest absolute Gasteiger partial charge is 0.380 e. The van der Waals surface area contributed by atoms with E-state index in [1.165, 1.54) is 13.0 Å². The fraction of sp³-hybridized carbons (Fsp3) is 0.333. The highest BCUT2D eigenvalue weighted by Gasteiger charge is 2.14. The van der Waals surface area contributed by atoms with Gasteiger partial charge in [0.25, 0.3) is 0 Å². The van der Waals surface area contributed by atoms with E-state index in [1.54, 1.807) is 18.3 Å². The first-order valence-electron chi connectivity index (χ1n) is 7.96. The molecule has 3 rings (SSSR count). The van der Waals surface area contributed by atoms with Crippen LogP contribution >= 0.6 is 0 Å². The van der Waals surface area contributed by atoms with Crippen molar-refractivity contribution < 1.29 is 13.9 Å². The highest BCUT2D eigenvalue weighted by Crippen LogP contribution is 2.21. The number of ketones is 1. The Morgan fingerprint density at radius 3 is 2.88 bits per heavy atom. The third-order valence-electron chi connectivity index (χ3n) is 3.99. The van der Waals surface area contributed by atoms with Crippen molar-refractivity contribution in [2.75, 3.05) is 36.5 Å². The van der Waals surface area contributed by atoms with E-state index in [0.717, 1.165) is 24.5 Å². The highest BCUT2D eigenvalue weighted by molar-refractivity contribution is 5.99. The molecule has 5 nitrogen and oxygen atoms in total. The standard InChI is InChI=1S/C18H20FN3O2/c1-13(23)18-15(19)3-2-4-16(18)21-12-14-5-6-20-17(11-14)22-7-9-24-10-8-22/h2-6,11,21H,7-10,12H2,1H3. The Balaban J connectivity index is 1.73. The van der Waals surface area contributed by atoms with Crippen LogP contribution in [0.25, 0.3) is 0 Å². The molecule has 1 aromatic heterocycles. The van der Waals surface area contributed by atoms with Gasteiger partial charge in [-0.05, 0) is 36.8 Å². The lowest BCUT2D eigenvalue weighted by Gasteiger charge is -2.28. The predicted molar refractivity (Wildman–Crippen MR) is 91.0 cm³/mol. The third-order valence-corrected chi connectivity index (χ3v) is 3.99. The molecule has 1 fully saturated rings. The average molecular weight is 329 g/mol. The maximum atomic E-state index is 13.8. The Morgan fingerprint density at radius 2 is 2.12 bits per heavy atom. The number of carbonyl (C=O) groups is 1. The molecule has 6 heteroatoms. The first-order valence-corrected chi connectivity index (χ1v) is 7.96. The Bertz CT molecular complexity index is 730. The summed E-state index contributed by atoms with van der Waals surface area (Å²) in [6, 6.07) is 8.51. The second-order valence-electron chi connectivity index (χ2n) is 5.69. The number of morpholine rings is 1. The van der Waals surface area contributed by atoms with Gasteiger partial charge in [0, 0.05) is 31.5 Å². The second-order valence-corrected chi connectivity index (χ2v) is 5.69. The van der Waals surface area contributed by atoms with Crippen molar-refractivity contribution in [2.24, 2.45) is 0 Å². The fourth-order valence-electron chi connectivity index (χ4n) is 2.76. The number of halogens is 1. The van der Waals surface area contributed by atoms with Crippen LogP contribution in [0, 0.1) is 5.82 Å². The van der Waals surface area contributed by atoms with Crippen molar-refractivity contribution >= 4 is 17.3 Å². The summed E-state index contributed by atoms with van der Waals surface area (Å²) in [4.78, 5) is 18.2. The summed E-state index contributed by atoms with van der Waals surface area (Å²) >= 11 is 0. The Labute approximate surface area is 140 Å². The number of nitrogens with one attached hydrogen (secondary N) is 1. The molecule has 1 aliphatic rings. The van der Waals surface area contributed by atoms with Crippen LogP contribution in [-0.2, 0) is 11.3 Å². The van der Waals surface area contributed by atoms with Gasteiger partial charge in [0.2, 0.25) is 0 Å². The number of nitrogens with zero attached hydrogens (tertiary/aromatic N) is 2. The maximum absolute atomic E-state index is 13.8. The van der Waals surface area contributed by atoms with Crippen LogP contribution in [-0.4, -0.2) is 37.1 Å². The van der Waals surface area contributed by atoms with E-state index in [2.05, 4.69) is 15.2 Å². The van der Waals surface area contributed by atoms with Gasteiger partial charge in [0.05, 0.1) is 18.8 Å². The minimum absolute atomic E-state index is 0.0972. The lowest BCUT2D eigenvalue weighted by Crippen LogP contribution is -2.36. The van der Waals surface area contributed by atoms with Gasteiger partial charge in [-0.25, -0.2) is 9.37 Å². The number of hydrogen-bond donors (Lipinski definition) is 1. The molecule has 0 amide bonds. The van der Waals surface area contributed by atoms with Crippen LogP contribution in [0.2, 0.25) is 0 Å². The van der Waals surface area contributed by atoms with Crippen LogP contribution in [0.15, 0.2) is 36.5 Å². The van der Waals surface area contributed by atoms with Gasteiger partial charge in [-0.2, -0.15) is 0 Å². The summed E-state index contributed by atoms with van der Waals surface area (Å²) in [7, 11) is 0. The molecule has 2 aromatic rings. The van der Waals surface area contributed by atoms with E-state index in [1.807, 2.05) is 12.1 Å². The van der Waals surface area contributed by atoms with Crippen LogP contribution in [0.3, 0.4) is 0 Å². The van der Waals surface area contributed by atoms with Crippen LogP contribution in [0.4, 0.5) is 15.9 Å². The maximum Gasteiger partial charge on any atom is 0.164 e. The van der Waals surface area contributed by atoms with Gasteiger partial charge in [0.1, 0.15) is 11.6 Å². The molecule has 0 bridgehead atoms. The number of ether oxygens (including phenoxy) is 1. The second kappa shape index (κ2) is 7.40. The zero-order chi connectivity index (χ0) is 16.9. The van der Waals surface area contributed by atoms with Crippen LogP contribution < -0.4 is 10.2 Å². The van der Waals surface area contributed by atoms with E-state index in [0.29, 0.717) is 25.4 Å². The summed E-state index contributed by atoms with van der Waals surface area (Å²) in [6.07, 6.45) is 1.76. The SMILES string of the molecule is CC(=O)c1c(F)cccc1NCc1ccnc(N2CCOCC2)c1. The van der Waals surface area contributed by atoms with Crippen molar-refractivity contribution in [3.63, 3.8) is 0 Å². The molecular formula is C18H20FN3O2. The van der Waals surface area contributed by atoms with Crippen molar-refractivity contribution in [1.82, 2.24) is 4.98 Å². The molecule has 0 atom stereocenters. The third kappa shape index (κ3) is 3.71. The number of hydrogen-bond acceptors (Lipinski definition) is 5. The lowest BCUT2D eigenvalue weighted by molar-refractivity contribution is 0.101. The molecule has 1 N–H and O–H groups in total. The van der Waals surface area contributed by atoms with Crippen LogP contribution in [0.5, 0.6) is 0 Å². The van der Waals surface area contributed by atoms with Gasteiger partial charge in [-0.15, -0.1) is 0 Å². The number of rotatable bonds is 5. The van der Waals surface area contributed by atoms with E-state index < -0.39 is 5.82 Å². The number of Topliss-reactive ketones (excluding diaryl/α,β-unsaturated/α-hetero) is 1. The Hall–Kier alpha value is -2.47. The zero-order valence-corrected chi connectivity index (χ0v) is 13.6. The van der Waals surface area contributed by atoms with Gasteiger partial charge in [0.15, 0.2) is 5.78 Å². The normalized spacial score (nSPS) is 14.5. The molecule has 2 heterocycles. The molecule has 1 aromatic carbocycles. The average Bonchev–Trinajstić information content (AvgIpc) is 2.60. The summed E-state index contributed by atoms with van der Waals surface area (Å²) in [5.74, 6) is 0.110. The first kappa shape index (κ1) is 16.4. The molecule has 0 spiro atoms. The topological polar surface area (TPSA) is 54.5 Å². The fourth-order valence-corrected chi connectivity index (χ4v) is 2.76. The van der Waals surface area contributed by atoms with Gasteiger partial charge >= 0.3 is 0 Å². The Kier molecular flexibility index (Phi) is 5.05. The highest BCUT2D eigenvalue weighted by atomic mass is 19.1. The first-order chi connectivity index (χ1) is 11.6. The minimum atomic E-state index is -0.503. The summed E-state index contributed by atoms with van der Waals surface area (Å²) in [6.45, 7) is 4.91. The quantitative estimate of drug-likeness (QED) is 0.855. The van der Waals surface area contributed by atoms with E-state index in [9.17, 15) is 9.18 Å². The molecule has 0 aliphatic carbocycles. The zero-order valence-electron chi connectivity index (χ0n) is 13.6. The molecule has 0 radical (unpaired) electrons. The number of carbonyl (C=O) groups excluding carboxylic acids is 1. The summed E-state index contributed by atoms with van der Waals surface area (Å²) in [5, 5.41) is 3.15. The number of benzene rings is 1. The number of pyridine rings is 1. The molecule has 24 heavy (non-hydrogen) atoms. The molecule has 0 saturated carbocycles. The number of anilines is 2. The van der Waals surface area contributed by atoms with E-state index in [4.69, 9.17) is 4.74 Å². The van der Waals surface area contributed by atoms with E-state index in [-0.39, 0.29) is 11.3 Å². The van der Waals surface area contributed by atoms with Crippen molar-refractivity contribution in [1.29, 1.82) is 0 Å². The summed E-state index contributed by atoms with van der Waals surface area (Å²) < 4.78 is 19.2. The van der Waals surface area contributed by atoms with Crippen molar-refractivity contribution in [3.05, 3.63) is 53.5 Å². The van der Waals surface area contributed by atoms with Crippen molar-refractivity contribution in [2.45, 2.75) is 13.5 Å². The minimum Gasteiger partial charge on any atom is -0.380 e. The number of aromatic nitrogens is 1. The molecule has 126 valence electrons. The van der Waals surface area contributed by atoms with Crippen LogP contribution in [0.1, 0.15) is 22.8 Å². The van der Waals surface area contributed by atoms with Gasteiger partial charge in [-0.3, -0.25) is 4.79 Å². The lowest BCUT2D eigenvalue weighted by atomic mass is 10.1. The van der Waals surface area contributed by atoms with E-state index >= 15 is 0 Å². The molecule has 1 aliphatic heterocycles. The van der Waals surface area contributed by atoms with Gasteiger partial charge in [-0.1, -0.05) is 6.07 Å². The Morgan fingerprint density at radius 1 is 1.33 bits per heavy atom. The monoisotopic (exact) mass is 329 g/mol. The molecule has 0 unspecified atom stereocenters. The molecule has 1 saturated heterocycles. The molecular weight excluding hydrogens is 309 g/mol. The summed E-state index contributed by atoms with van der Waals surface area (Å²) in [5.41, 5.74) is 1.62. The smallest absolute Gasteiger partial charge is 0.164 e. The van der Waals surface area contributed by atoms with Crippen molar-refractivity contribution in [3.8, 4) is 0 Å². The predicted octanol–water partition coefficient (Wildman–Crippen LogP) is 2.87.